The summed E-state index contributed by atoms with van der Waals surface area (Å²) in [5.41, 5.74) is -0.576. The number of carbonyl (C=O) groups excluding carboxylic acids is 2. The highest BCUT2D eigenvalue weighted by atomic mass is 35.5. The molecule has 3 fully saturated rings. The van der Waals surface area contributed by atoms with Gasteiger partial charge in [-0.1, -0.05) is 37.0 Å². The number of ether oxygens (including phenoxy) is 1. The number of amides is 2. The van der Waals surface area contributed by atoms with E-state index >= 15 is 0 Å². The molecule has 3 N–H and O–H groups in total. The van der Waals surface area contributed by atoms with Crippen molar-refractivity contribution in [1.29, 1.82) is 0 Å². The Morgan fingerprint density at radius 3 is 2.50 bits per heavy atom. The van der Waals surface area contributed by atoms with Crippen molar-refractivity contribution in [2.75, 3.05) is 25.0 Å². The molecular formula is C27H38Cl2N2O5. The van der Waals surface area contributed by atoms with Crippen LogP contribution in [0.25, 0.3) is 0 Å². The molecule has 2 amide bonds. The molecule has 3 aliphatic rings. The van der Waals surface area contributed by atoms with Gasteiger partial charge in [0.25, 0.3) is 0 Å². The summed E-state index contributed by atoms with van der Waals surface area (Å²) in [6, 6.07) is 4.80. The number of nitrogens with one attached hydrogen (secondary N) is 1. The van der Waals surface area contributed by atoms with Crippen LogP contribution in [0.15, 0.2) is 18.2 Å². The monoisotopic (exact) mass is 540 g/mol. The first kappa shape index (κ1) is 27.5. The zero-order valence-corrected chi connectivity index (χ0v) is 22.7. The van der Waals surface area contributed by atoms with Gasteiger partial charge in [0.1, 0.15) is 6.10 Å². The minimum absolute atomic E-state index is 0.00548. The van der Waals surface area contributed by atoms with Crippen LogP contribution in [-0.2, 0) is 9.53 Å². The fourth-order valence-corrected chi connectivity index (χ4v) is 7.39. The van der Waals surface area contributed by atoms with E-state index in [4.69, 9.17) is 27.9 Å². The number of carbonyl (C=O) groups is 2. The predicted octanol–water partition coefficient (Wildman–Crippen LogP) is 5.50. The largest absolute Gasteiger partial charge is 0.445 e. The third-order valence-electron chi connectivity index (χ3n) is 9.19. The van der Waals surface area contributed by atoms with E-state index in [1.54, 1.807) is 18.2 Å². The first-order valence-electron chi connectivity index (χ1n) is 13.1. The lowest BCUT2D eigenvalue weighted by Gasteiger charge is -2.60. The van der Waals surface area contributed by atoms with Gasteiger partial charge in [0.2, 0.25) is 5.91 Å². The van der Waals surface area contributed by atoms with Crippen LogP contribution >= 0.6 is 23.2 Å². The molecule has 9 heteroatoms. The Hall–Kier alpha value is -1.54. The Bertz CT molecular complexity index is 971. The lowest BCUT2D eigenvalue weighted by atomic mass is 9.46. The molecule has 0 aromatic heterocycles. The third kappa shape index (κ3) is 5.35. The highest BCUT2D eigenvalue weighted by molar-refractivity contribution is 6.42. The number of likely N-dealkylation sites (tertiary alicyclic amines) is 1. The molecule has 1 aliphatic heterocycles. The topological polar surface area (TPSA) is 99.1 Å². The van der Waals surface area contributed by atoms with E-state index in [0.29, 0.717) is 47.8 Å². The number of hydrogen-bond acceptors (Lipinski definition) is 5. The maximum Gasteiger partial charge on any atom is 0.411 e. The van der Waals surface area contributed by atoms with E-state index in [0.717, 1.165) is 32.4 Å². The summed E-state index contributed by atoms with van der Waals surface area (Å²) in [5.74, 6) is -0.0812. The number of benzene rings is 1. The highest BCUT2D eigenvalue weighted by Crippen LogP contribution is 2.61. The molecule has 6 atom stereocenters. The van der Waals surface area contributed by atoms with Crippen LogP contribution in [0.4, 0.5) is 10.5 Å². The maximum atomic E-state index is 13.2. The first-order chi connectivity index (χ1) is 17.1. The van der Waals surface area contributed by atoms with Gasteiger partial charge in [0.05, 0.1) is 22.8 Å². The Morgan fingerprint density at radius 1 is 1.11 bits per heavy atom. The number of aliphatic hydroxyl groups excluding tert-OH is 2. The second-order valence-electron chi connectivity index (χ2n) is 11.3. The zero-order valence-electron chi connectivity index (χ0n) is 21.1. The molecule has 2 saturated carbocycles. The molecule has 1 aromatic rings. The highest BCUT2D eigenvalue weighted by Gasteiger charge is 2.60. The van der Waals surface area contributed by atoms with Gasteiger partial charge < -0.3 is 19.8 Å². The Labute approximate surface area is 223 Å². The number of piperidine rings is 1. The van der Waals surface area contributed by atoms with Crippen molar-refractivity contribution in [3.8, 4) is 0 Å². The third-order valence-corrected chi connectivity index (χ3v) is 9.93. The van der Waals surface area contributed by atoms with Crippen LogP contribution in [0.1, 0.15) is 65.2 Å². The molecule has 1 heterocycles. The zero-order chi connectivity index (χ0) is 26.1. The summed E-state index contributed by atoms with van der Waals surface area (Å²) in [7, 11) is 0. The van der Waals surface area contributed by atoms with E-state index in [2.05, 4.69) is 12.2 Å². The average Bonchev–Trinajstić information content (AvgIpc) is 2.86. The van der Waals surface area contributed by atoms with E-state index in [-0.39, 0.29) is 29.8 Å². The van der Waals surface area contributed by atoms with E-state index in [9.17, 15) is 19.8 Å². The Balaban J connectivity index is 1.49. The minimum Gasteiger partial charge on any atom is -0.445 e. The van der Waals surface area contributed by atoms with E-state index in [1.807, 2.05) is 11.8 Å². The molecule has 2 aliphatic carbocycles. The van der Waals surface area contributed by atoms with Crippen molar-refractivity contribution in [3.05, 3.63) is 28.2 Å². The van der Waals surface area contributed by atoms with Crippen LogP contribution in [0, 0.1) is 22.7 Å². The molecule has 36 heavy (non-hydrogen) atoms. The number of fused-ring (bicyclic) bond motifs is 1. The number of aliphatic hydroxyl groups is 2. The minimum atomic E-state index is -0.700. The van der Waals surface area contributed by atoms with Gasteiger partial charge >= 0.3 is 6.09 Å². The molecule has 0 spiro atoms. The summed E-state index contributed by atoms with van der Waals surface area (Å²) in [6.07, 6.45) is 4.38. The van der Waals surface area contributed by atoms with Crippen molar-refractivity contribution >= 4 is 40.9 Å². The van der Waals surface area contributed by atoms with Gasteiger partial charge in [-0.3, -0.25) is 10.1 Å². The van der Waals surface area contributed by atoms with E-state index < -0.39 is 23.7 Å². The second kappa shape index (κ2) is 11.1. The van der Waals surface area contributed by atoms with Gasteiger partial charge in [0.15, 0.2) is 0 Å². The standard InChI is InChI=1S/C27H38Cl2N2O5/c1-26-11-10-23(36-25(35)30-17-6-7-19(28)20(29)14-17)27(2,16-32)22(26)9-8-21(33)18(26)15-24(34)31-12-4-3-5-13-31/h6-7,14,18,21-23,32-33H,3-5,8-13,15-16H2,1-2H3,(H,30,35). The fraction of sp³-hybridized carbons (Fsp3) is 0.704. The second-order valence-corrected chi connectivity index (χ2v) is 12.1. The lowest BCUT2D eigenvalue weighted by Crippen LogP contribution is -2.61. The summed E-state index contributed by atoms with van der Waals surface area (Å²) in [6.45, 7) is 5.54. The smallest absolute Gasteiger partial charge is 0.411 e. The molecule has 1 aromatic carbocycles. The van der Waals surface area contributed by atoms with Crippen molar-refractivity contribution < 1.29 is 24.5 Å². The number of halogens is 2. The van der Waals surface area contributed by atoms with Crippen molar-refractivity contribution in [3.63, 3.8) is 0 Å². The Kier molecular flexibility index (Phi) is 8.45. The summed E-state index contributed by atoms with van der Waals surface area (Å²) in [4.78, 5) is 27.9. The van der Waals surface area contributed by atoms with Crippen LogP contribution in [0.2, 0.25) is 10.0 Å². The van der Waals surface area contributed by atoms with Crippen molar-refractivity contribution in [2.24, 2.45) is 22.7 Å². The Morgan fingerprint density at radius 2 is 1.83 bits per heavy atom. The van der Waals surface area contributed by atoms with Crippen LogP contribution in [0.5, 0.6) is 0 Å². The normalized spacial score (nSPS) is 34.6. The van der Waals surface area contributed by atoms with Gasteiger partial charge in [-0.2, -0.15) is 0 Å². The number of nitrogens with zero attached hydrogens (tertiary/aromatic N) is 1. The molecule has 6 unspecified atom stereocenters. The average molecular weight is 542 g/mol. The number of anilines is 1. The number of hydrogen-bond donors (Lipinski definition) is 3. The first-order valence-corrected chi connectivity index (χ1v) is 13.8. The van der Waals surface area contributed by atoms with Crippen molar-refractivity contribution in [1.82, 2.24) is 4.90 Å². The molecule has 200 valence electrons. The summed E-state index contributed by atoms with van der Waals surface area (Å²) >= 11 is 12.0. The molecule has 1 saturated heterocycles. The van der Waals surface area contributed by atoms with Gasteiger partial charge in [-0.25, -0.2) is 4.79 Å². The van der Waals surface area contributed by atoms with Crippen LogP contribution in [0.3, 0.4) is 0 Å². The quantitative estimate of drug-likeness (QED) is 0.457. The lowest BCUT2D eigenvalue weighted by molar-refractivity contribution is -0.186. The van der Waals surface area contributed by atoms with Crippen LogP contribution in [-0.4, -0.2) is 59.0 Å². The van der Waals surface area contributed by atoms with E-state index in [1.165, 1.54) is 0 Å². The van der Waals surface area contributed by atoms with Crippen molar-refractivity contribution in [2.45, 2.75) is 77.4 Å². The fourth-order valence-electron chi connectivity index (χ4n) is 7.09. The molecule has 7 nitrogen and oxygen atoms in total. The molecule has 4 rings (SSSR count). The van der Waals surface area contributed by atoms with Gasteiger partial charge in [0, 0.05) is 30.6 Å². The molecular weight excluding hydrogens is 503 g/mol. The predicted molar refractivity (Wildman–Crippen MR) is 140 cm³/mol. The van der Waals surface area contributed by atoms with Gasteiger partial charge in [-0.15, -0.1) is 0 Å². The summed E-state index contributed by atoms with van der Waals surface area (Å²) in [5, 5.41) is 25.1. The van der Waals surface area contributed by atoms with Gasteiger partial charge in [-0.05, 0) is 80.4 Å². The summed E-state index contributed by atoms with van der Waals surface area (Å²) < 4.78 is 5.88. The van der Waals surface area contributed by atoms with Crippen LogP contribution < -0.4 is 5.32 Å². The molecule has 0 radical (unpaired) electrons. The maximum absolute atomic E-state index is 13.2. The number of rotatable bonds is 5. The SMILES string of the molecule is CC1(CO)C(OC(=O)Nc2ccc(Cl)c(Cl)c2)CCC2(C)C(CC(=O)N3CCCCC3)C(O)CCC12. The molecule has 0 bridgehead atoms.